The van der Waals surface area contributed by atoms with E-state index in [1.54, 1.807) is 0 Å². The molecule has 1 aliphatic heterocycles. The van der Waals surface area contributed by atoms with Gasteiger partial charge in [0.05, 0.1) is 0 Å². The Morgan fingerprint density at radius 3 is 2.88 bits per heavy atom. The van der Waals surface area contributed by atoms with Crippen molar-refractivity contribution in [3.05, 3.63) is 23.5 Å². The van der Waals surface area contributed by atoms with Crippen LogP contribution in [0.25, 0.3) is 0 Å². The topological polar surface area (TPSA) is 46.1 Å². The molecule has 0 saturated carbocycles. The van der Waals surface area contributed by atoms with Crippen molar-refractivity contribution in [3.8, 4) is 0 Å². The van der Waals surface area contributed by atoms with Crippen molar-refractivity contribution in [1.82, 2.24) is 15.2 Å². The first-order chi connectivity index (χ1) is 8.08. The molecule has 1 aliphatic rings. The van der Waals surface area contributed by atoms with Crippen molar-refractivity contribution in [2.75, 3.05) is 6.54 Å². The van der Waals surface area contributed by atoms with Gasteiger partial charge in [-0.05, 0) is 45.4 Å². The van der Waals surface area contributed by atoms with Crippen molar-refractivity contribution >= 4 is 5.91 Å². The van der Waals surface area contributed by atoms with Gasteiger partial charge in [-0.3, -0.25) is 4.79 Å². The number of rotatable bonds is 2. The summed E-state index contributed by atoms with van der Waals surface area (Å²) in [5.41, 5.74) is 1.85. The van der Waals surface area contributed by atoms with E-state index in [2.05, 4.69) is 17.6 Å². The van der Waals surface area contributed by atoms with Gasteiger partial charge in [0.2, 0.25) is 0 Å². The van der Waals surface area contributed by atoms with E-state index in [4.69, 9.17) is 0 Å². The highest BCUT2D eigenvalue weighted by atomic mass is 16.2. The molecule has 4 nitrogen and oxygen atoms in total. The molecule has 1 amide bonds. The van der Waals surface area contributed by atoms with E-state index in [9.17, 15) is 4.79 Å². The number of carbonyl (C=O) groups is 1. The van der Waals surface area contributed by atoms with Crippen molar-refractivity contribution in [2.24, 2.45) is 7.05 Å². The molecule has 1 fully saturated rings. The summed E-state index contributed by atoms with van der Waals surface area (Å²) in [5, 5.41) is 6.50. The quantitative estimate of drug-likeness (QED) is 0.809. The maximum Gasteiger partial charge on any atom is 0.268 e. The first kappa shape index (κ1) is 12.2. The Bertz CT molecular complexity index is 411. The Morgan fingerprint density at radius 2 is 2.29 bits per heavy atom. The van der Waals surface area contributed by atoms with Gasteiger partial charge in [-0.15, -0.1) is 0 Å². The molecule has 1 aromatic rings. The highest BCUT2D eigenvalue weighted by Crippen LogP contribution is 2.10. The highest BCUT2D eigenvalue weighted by Gasteiger charge is 2.21. The van der Waals surface area contributed by atoms with E-state index in [-0.39, 0.29) is 5.91 Å². The van der Waals surface area contributed by atoms with Crippen LogP contribution >= 0.6 is 0 Å². The Hall–Kier alpha value is -1.29. The van der Waals surface area contributed by atoms with E-state index < -0.39 is 0 Å². The summed E-state index contributed by atoms with van der Waals surface area (Å²) in [5.74, 6) is 0.0414. The number of nitrogens with zero attached hydrogens (tertiary/aromatic N) is 1. The van der Waals surface area contributed by atoms with Crippen LogP contribution in [0.2, 0.25) is 0 Å². The van der Waals surface area contributed by atoms with Gasteiger partial charge in [-0.1, -0.05) is 0 Å². The average Bonchev–Trinajstić information content (AvgIpc) is 2.60. The predicted octanol–water partition coefficient (Wildman–Crippen LogP) is 1.20. The molecule has 17 heavy (non-hydrogen) atoms. The van der Waals surface area contributed by atoms with Crippen molar-refractivity contribution in [1.29, 1.82) is 0 Å². The monoisotopic (exact) mass is 235 g/mol. The summed E-state index contributed by atoms with van der Waals surface area (Å²) in [4.78, 5) is 12.1. The molecule has 0 aliphatic carbocycles. The van der Waals surface area contributed by atoms with Crippen LogP contribution in [0.4, 0.5) is 0 Å². The molecule has 94 valence electrons. The molecular formula is C13H21N3O. The molecule has 0 aromatic carbocycles. The number of nitrogens with one attached hydrogen (secondary N) is 2. The summed E-state index contributed by atoms with van der Waals surface area (Å²) >= 11 is 0. The molecule has 2 unspecified atom stereocenters. The molecular weight excluding hydrogens is 214 g/mol. The summed E-state index contributed by atoms with van der Waals surface area (Å²) in [7, 11) is 1.93. The first-order valence-corrected chi connectivity index (χ1v) is 6.24. The van der Waals surface area contributed by atoms with Crippen LogP contribution in [0.5, 0.6) is 0 Å². The van der Waals surface area contributed by atoms with Crippen LogP contribution < -0.4 is 10.6 Å². The van der Waals surface area contributed by atoms with E-state index in [0.29, 0.717) is 12.1 Å². The summed E-state index contributed by atoms with van der Waals surface area (Å²) in [6, 6.07) is 4.65. The summed E-state index contributed by atoms with van der Waals surface area (Å²) in [6.45, 7) is 5.15. The Labute approximate surface area is 102 Å². The van der Waals surface area contributed by atoms with Gasteiger partial charge in [0.1, 0.15) is 5.69 Å². The van der Waals surface area contributed by atoms with Crippen LogP contribution in [-0.2, 0) is 7.05 Å². The zero-order valence-electron chi connectivity index (χ0n) is 10.8. The van der Waals surface area contributed by atoms with Crippen LogP contribution in [0.3, 0.4) is 0 Å². The van der Waals surface area contributed by atoms with Gasteiger partial charge >= 0.3 is 0 Å². The Morgan fingerprint density at radius 1 is 1.53 bits per heavy atom. The molecule has 0 bridgehead atoms. The molecule has 0 spiro atoms. The fourth-order valence-electron chi connectivity index (χ4n) is 2.36. The predicted molar refractivity (Wildman–Crippen MR) is 68.1 cm³/mol. The number of aryl methyl sites for hydroxylation is 1. The standard InChI is InChI=1S/C13H21N3O/c1-9-8-11(6-7-14-9)15-13(17)12-5-4-10(2)16(12)3/h4-5,9,11,14H,6-8H2,1-3H3,(H,15,17). The second-order valence-corrected chi connectivity index (χ2v) is 4.97. The van der Waals surface area contributed by atoms with E-state index >= 15 is 0 Å². The molecule has 0 radical (unpaired) electrons. The third-order valence-electron chi connectivity index (χ3n) is 3.56. The lowest BCUT2D eigenvalue weighted by Crippen LogP contribution is -2.46. The fourth-order valence-corrected chi connectivity index (χ4v) is 2.36. The molecule has 1 aromatic heterocycles. The fraction of sp³-hybridized carbons (Fsp3) is 0.615. The second kappa shape index (κ2) is 4.92. The Kier molecular flexibility index (Phi) is 3.52. The van der Waals surface area contributed by atoms with Gasteiger partial charge in [-0.25, -0.2) is 0 Å². The van der Waals surface area contributed by atoms with Crippen molar-refractivity contribution in [2.45, 2.75) is 38.8 Å². The van der Waals surface area contributed by atoms with E-state index in [0.717, 1.165) is 30.8 Å². The van der Waals surface area contributed by atoms with Gasteiger partial charge in [0.25, 0.3) is 5.91 Å². The third-order valence-corrected chi connectivity index (χ3v) is 3.56. The number of carbonyl (C=O) groups excluding carboxylic acids is 1. The van der Waals surface area contributed by atoms with Gasteiger partial charge in [0.15, 0.2) is 0 Å². The summed E-state index contributed by atoms with van der Waals surface area (Å²) < 4.78 is 1.93. The molecule has 1 saturated heterocycles. The third kappa shape index (κ3) is 2.69. The number of amides is 1. The molecule has 2 N–H and O–H groups in total. The normalized spacial score (nSPS) is 24.6. The highest BCUT2D eigenvalue weighted by molar-refractivity contribution is 5.93. The van der Waals surface area contributed by atoms with Crippen molar-refractivity contribution in [3.63, 3.8) is 0 Å². The van der Waals surface area contributed by atoms with E-state index in [1.807, 2.05) is 30.7 Å². The zero-order chi connectivity index (χ0) is 12.4. The SMILES string of the molecule is Cc1ccc(C(=O)NC2CCNC(C)C2)n1C. The Balaban J connectivity index is 1.99. The van der Waals surface area contributed by atoms with Crippen LogP contribution in [0.15, 0.2) is 12.1 Å². The summed E-state index contributed by atoms with van der Waals surface area (Å²) in [6.07, 6.45) is 2.02. The lowest BCUT2D eigenvalue weighted by Gasteiger charge is -2.28. The van der Waals surface area contributed by atoms with Gasteiger partial charge in [0, 0.05) is 24.8 Å². The lowest BCUT2D eigenvalue weighted by atomic mass is 10.0. The molecule has 2 heterocycles. The minimum atomic E-state index is 0.0414. The smallest absolute Gasteiger partial charge is 0.268 e. The first-order valence-electron chi connectivity index (χ1n) is 6.24. The minimum Gasteiger partial charge on any atom is -0.348 e. The number of piperidine rings is 1. The maximum atomic E-state index is 12.1. The van der Waals surface area contributed by atoms with Gasteiger partial charge < -0.3 is 15.2 Å². The number of hydrogen-bond acceptors (Lipinski definition) is 2. The van der Waals surface area contributed by atoms with Gasteiger partial charge in [-0.2, -0.15) is 0 Å². The molecule has 2 rings (SSSR count). The largest absolute Gasteiger partial charge is 0.348 e. The zero-order valence-corrected chi connectivity index (χ0v) is 10.8. The van der Waals surface area contributed by atoms with E-state index in [1.165, 1.54) is 0 Å². The van der Waals surface area contributed by atoms with Crippen LogP contribution in [0, 0.1) is 6.92 Å². The maximum absolute atomic E-state index is 12.1. The minimum absolute atomic E-state index is 0.0414. The number of hydrogen-bond donors (Lipinski definition) is 2. The number of aromatic nitrogens is 1. The van der Waals surface area contributed by atoms with Crippen LogP contribution in [0.1, 0.15) is 35.9 Å². The molecule has 2 atom stereocenters. The molecule has 4 heteroatoms. The van der Waals surface area contributed by atoms with Crippen LogP contribution in [-0.4, -0.2) is 29.1 Å². The average molecular weight is 235 g/mol. The second-order valence-electron chi connectivity index (χ2n) is 4.97. The lowest BCUT2D eigenvalue weighted by molar-refractivity contribution is 0.0917. The van der Waals surface area contributed by atoms with Crippen molar-refractivity contribution < 1.29 is 4.79 Å².